The smallest absolute Gasteiger partial charge is 0.133 e. The van der Waals surface area contributed by atoms with E-state index in [2.05, 4.69) is 49.5 Å². The standard InChI is InChI=1S/C8H5IS4/c10-7-3-1-5(12-7)9-6-2-4-8(11)13-6/h1-4H,(H-,10,11)/p+1. The van der Waals surface area contributed by atoms with Crippen molar-refractivity contribution in [1.29, 1.82) is 0 Å². The third-order valence-corrected chi connectivity index (χ3v) is 7.64. The Bertz CT molecular complexity index is 365. The zero-order valence-corrected chi connectivity index (χ0v) is 12.0. The number of thiol groups is 2. The van der Waals surface area contributed by atoms with Crippen molar-refractivity contribution in [3.8, 4) is 0 Å². The molecule has 0 unspecified atom stereocenters. The van der Waals surface area contributed by atoms with E-state index in [4.69, 9.17) is 0 Å². The van der Waals surface area contributed by atoms with Crippen LogP contribution in [0.15, 0.2) is 32.7 Å². The first-order chi connectivity index (χ1) is 6.24. The third kappa shape index (κ3) is 2.89. The zero-order valence-electron chi connectivity index (χ0n) is 6.40. The van der Waals surface area contributed by atoms with Crippen molar-refractivity contribution in [1.82, 2.24) is 0 Å². The van der Waals surface area contributed by atoms with Crippen LogP contribution in [0, 0.1) is 5.77 Å². The molecule has 0 aromatic carbocycles. The molecule has 0 fully saturated rings. The SMILES string of the molecule is Sc1ccc([I+]c2ccc(S)s2)s1. The number of thiophene rings is 2. The van der Waals surface area contributed by atoms with Gasteiger partial charge in [0, 0.05) is 12.1 Å². The molecule has 0 N–H and O–H groups in total. The molecule has 0 bridgehead atoms. The average Bonchev–Trinajstić information content (AvgIpc) is 2.62. The molecule has 0 aliphatic heterocycles. The first kappa shape index (κ1) is 10.4. The lowest BCUT2D eigenvalue weighted by atomic mass is 10.7. The summed E-state index contributed by atoms with van der Waals surface area (Å²) < 4.78 is 5.16. The van der Waals surface area contributed by atoms with Gasteiger partial charge in [-0.1, -0.05) is 22.7 Å². The summed E-state index contributed by atoms with van der Waals surface area (Å²) in [6.07, 6.45) is 0. The van der Waals surface area contributed by atoms with Crippen LogP contribution in [0.25, 0.3) is 0 Å². The van der Waals surface area contributed by atoms with E-state index in [1.165, 1.54) is 5.77 Å². The van der Waals surface area contributed by atoms with E-state index in [9.17, 15) is 0 Å². The molecule has 0 saturated heterocycles. The highest BCUT2D eigenvalue weighted by atomic mass is 127. The summed E-state index contributed by atoms with van der Waals surface area (Å²) in [6.45, 7) is 0. The minimum Gasteiger partial charge on any atom is -0.133 e. The molecule has 0 amide bonds. The van der Waals surface area contributed by atoms with Crippen LogP contribution in [-0.2, 0) is 0 Å². The van der Waals surface area contributed by atoms with Gasteiger partial charge < -0.3 is 0 Å². The van der Waals surface area contributed by atoms with Crippen LogP contribution < -0.4 is 21.2 Å². The van der Waals surface area contributed by atoms with Crippen molar-refractivity contribution in [2.45, 2.75) is 8.42 Å². The molecule has 0 nitrogen and oxygen atoms in total. The van der Waals surface area contributed by atoms with E-state index in [-0.39, 0.29) is 21.2 Å². The Labute approximate surface area is 106 Å². The predicted molar refractivity (Wildman–Crippen MR) is 60.5 cm³/mol. The van der Waals surface area contributed by atoms with Crippen molar-refractivity contribution in [2.75, 3.05) is 0 Å². The van der Waals surface area contributed by atoms with Crippen molar-refractivity contribution in [3.05, 3.63) is 30.0 Å². The molecule has 2 aromatic heterocycles. The minimum atomic E-state index is 0.00961. The van der Waals surface area contributed by atoms with Crippen molar-refractivity contribution < 1.29 is 21.2 Å². The van der Waals surface area contributed by atoms with E-state index in [1.54, 1.807) is 22.7 Å². The summed E-state index contributed by atoms with van der Waals surface area (Å²) in [4.78, 5) is 0. The molecule has 0 aliphatic carbocycles. The van der Waals surface area contributed by atoms with Crippen LogP contribution in [0.1, 0.15) is 0 Å². The lowest BCUT2D eigenvalue weighted by molar-refractivity contribution is -0.585. The van der Waals surface area contributed by atoms with Crippen molar-refractivity contribution >= 4 is 47.9 Å². The first-order valence-corrected chi connectivity index (χ1v) is 8.15. The lowest BCUT2D eigenvalue weighted by Crippen LogP contribution is -3.61. The summed E-state index contributed by atoms with van der Waals surface area (Å²) in [7, 11) is 0. The van der Waals surface area contributed by atoms with Gasteiger partial charge in [-0.3, -0.25) is 0 Å². The van der Waals surface area contributed by atoms with Crippen molar-refractivity contribution in [3.63, 3.8) is 0 Å². The van der Waals surface area contributed by atoms with Gasteiger partial charge in [0.2, 0.25) is 5.77 Å². The molecule has 5 heteroatoms. The summed E-state index contributed by atoms with van der Waals surface area (Å²) in [6, 6.07) is 8.49. The second-order valence-electron chi connectivity index (χ2n) is 2.25. The van der Waals surface area contributed by atoms with Crippen LogP contribution in [0.2, 0.25) is 0 Å². The zero-order chi connectivity index (χ0) is 9.26. The van der Waals surface area contributed by atoms with Gasteiger partial charge in [0.15, 0.2) is 0 Å². The quantitative estimate of drug-likeness (QED) is 0.568. The molecule has 0 spiro atoms. The van der Waals surface area contributed by atoms with Gasteiger partial charge in [0.1, 0.15) is 0 Å². The van der Waals surface area contributed by atoms with Crippen LogP contribution >= 0.6 is 47.9 Å². The molecule has 0 saturated carbocycles. The summed E-state index contributed by atoms with van der Waals surface area (Å²) in [5.74, 6) is 0. The normalized spacial score (nSPS) is 10.6. The van der Waals surface area contributed by atoms with Crippen LogP contribution in [0.4, 0.5) is 0 Å². The Morgan fingerprint density at radius 1 is 0.846 bits per heavy atom. The molecular weight excluding hydrogens is 351 g/mol. The highest BCUT2D eigenvalue weighted by Crippen LogP contribution is 2.14. The number of rotatable bonds is 2. The Balaban J connectivity index is 2.14. The van der Waals surface area contributed by atoms with E-state index < -0.39 is 0 Å². The van der Waals surface area contributed by atoms with Gasteiger partial charge in [-0.2, -0.15) is 0 Å². The Hall–Kier alpha value is 0.830. The molecule has 2 heterocycles. The summed E-state index contributed by atoms with van der Waals surface area (Å²) in [5, 5.41) is 0. The highest BCUT2D eigenvalue weighted by molar-refractivity contribution is 7.83. The predicted octanol–water partition coefficient (Wildman–Crippen LogP) is 0.515. The minimum absolute atomic E-state index is 0.00961. The Morgan fingerprint density at radius 2 is 1.31 bits per heavy atom. The molecular formula is C8H6IS4+. The fourth-order valence-electron chi connectivity index (χ4n) is 0.803. The largest absolute Gasteiger partial charge is 0.381 e. The van der Waals surface area contributed by atoms with Crippen molar-refractivity contribution in [2.24, 2.45) is 0 Å². The van der Waals surface area contributed by atoms with Crippen LogP contribution in [-0.4, -0.2) is 0 Å². The molecule has 68 valence electrons. The van der Waals surface area contributed by atoms with Gasteiger partial charge in [0.05, 0.1) is 8.42 Å². The maximum absolute atomic E-state index is 4.30. The monoisotopic (exact) mass is 357 g/mol. The number of hydrogen-bond acceptors (Lipinski definition) is 4. The van der Waals surface area contributed by atoms with Crippen LogP contribution in [0.3, 0.4) is 0 Å². The Kier molecular flexibility index (Phi) is 3.64. The molecule has 0 radical (unpaired) electrons. The van der Waals surface area contributed by atoms with E-state index >= 15 is 0 Å². The molecule has 2 rings (SSSR count). The maximum Gasteiger partial charge on any atom is 0.381 e. The summed E-state index contributed by atoms with van der Waals surface area (Å²) >= 11 is 12.2. The molecule has 0 atom stereocenters. The van der Waals surface area contributed by atoms with E-state index in [0.29, 0.717) is 0 Å². The number of halogens is 1. The summed E-state index contributed by atoms with van der Waals surface area (Å²) in [5.41, 5.74) is 0. The fourth-order valence-corrected chi connectivity index (χ4v) is 8.38. The second-order valence-corrected chi connectivity index (χ2v) is 10.3. The highest BCUT2D eigenvalue weighted by Gasteiger charge is 2.19. The van der Waals surface area contributed by atoms with Gasteiger partial charge >= 0.3 is 21.2 Å². The molecule has 2 aromatic rings. The van der Waals surface area contributed by atoms with E-state index in [1.807, 2.05) is 0 Å². The lowest BCUT2D eigenvalue weighted by Gasteiger charge is -1.72. The van der Waals surface area contributed by atoms with E-state index in [0.717, 1.165) is 8.42 Å². The second kappa shape index (κ2) is 4.57. The van der Waals surface area contributed by atoms with Gasteiger partial charge in [-0.05, 0) is 12.1 Å². The Morgan fingerprint density at radius 3 is 1.62 bits per heavy atom. The molecule has 0 aliphatic rings. The van der Waals surface area contributed by atoms with Crippen LogP contribution in [0.5, 0.6) is 0 Å². The maximum atomic E-state index is 4.30. The number of hydrogen-bond donors (Lipinski definition) is 2. The fraction of sp³-hybridized carbons (Fsp3) is 0. The topological polar surface area (TPSA) is 0 Å². The average molecular weight is 357 g/mol. The third-order valence-electron chi connectivity index (χ3n) is 1.30. The van der Waals surface area contributed by atoms with Gasteiger partial charge in [0.25, 0.3) is 0 Å². The molecule has 13 heavy (non-hydrogen) atoms. The van der Waals surface area contributed by atoms with Gasteiger partial charge in [-0.15, -0.1) is 25.3 Å². The first-order valence-electron chi connectivity index (χ1n) is 3.46. The van der Waals surface area contributed by atoms with Gasteiger partial charge in [-0.25, -0.2) is 0 Å².